The molecule has 0 aliphatic carbocycles. The van der Waals surface area contributed by atoms with Gasteiger partial charge < -0.3 is 29.8 Å². The second-order valence-corrected chi connectivity index (χ2v) is 11.0. The lowest BCUT2D eigenvalue weighted by atomic mass is 9.90. The molecule has 1 aliphatic rings. The normalized spacial score (nSPS) is 20.3. The van der Waals surface area contributed by atoms with Crippen molar-refractivity contribution in [3.8, 4) is 11.1 Å². The van der Waals surface area contributed by atoms with Gasteiger partial charge in [-0.2, -0.15) is 0 Å². The van der Waals surface area contributed by atoms with Crippen molar-refractivity contribution in [3.05, 3.63) is 112 Å². The fourth-order valence-corrected chi connectivity index (χ4v) is 5.48. The molecule has 0 saturated carbocycles. The summed E-state index contributed by atoms with van der Waals surface area (Å²) in [4.78, 5) is 16.1. The minimum Gasteiger partial charge on any atom is -0.392 e. The number of imidazole rings is 1. The molecule has 4 aromatic rings. The number of rotatable bonds is 9. The Kier molecular flexibility index (Phi) is 9.82. The van der Waals surface area contributed by atoms with Gasteiger partial charge in [-0.05, 0) is 34.7 Å². The highest BCUT2D eigenvalue weighted by molar-refractivity contribution is 6.40. The predicted octanol–water partition coefficient (Wildman–Crippen LogP) is 6.66. The van der Waals surface area contributed by atoms with E-state index in [1.165, 1.54) is 0 Å². The zero-order chi connectivity index (χ0) is 29.6. The number of hydrogen-bond acceptors (Lipinski definition) is 5. The van der Waals surface area contributed by atoms with Crippen LogP contribution in [0.5, 0.6) is 0 Å². The van der Waals surface area contributed by atoms with E-state index in [2.05, 4.69) is 22.5 Å². The van der Waals surface area contributed by atoms with Crippen LogP contribution in [0.4, 0.5) is 4.79 Å². The first kappa shape index (κ1) is 30.1. The van der Waals surface area contributed by atoms with Gasteiger partial charge in [-0.25, -0.2) is 9.78 Å². The molecule has 42 heavy (non-hydrogen) atoms. The molecule has 2 amide bonds. The summed E-state index contributed by atoms with van der Waals surface area (Å²) in [5.74, 6) is -0.0259. The number of hydrogen-bond donors (Lipinski definition) is 3. The Bertz CT molecular complexity index is 1490. The summed E-state index contributed by atoms with van der Waals surface area (Å²) in [6, 6.07) is 23.7. The molecule has 1 fully saturated rings. The highest BCUT2D eigenvalue weighted by Gasteiger charge is 2.38. The highest BCUT2D eigenvalue weighted by atomic mass is 35.5. The van der Waals surface area contributed by atoms with Crippen LogP contribution in [0.3, 0.4) is 0 Å². The first-order valence-electron chi connectivity index (χ1n) is 13.9. The van der Waals surface area contributed by atoms with Crippen LogP contribution in [0, 0.1) is 5.92 Å². The number of carbonyl (C=O) groups excluding carboxylic acids is 1. The van der Waals surface area contributed by atoms with Crippen molar-refractivity contribution in [2.45, 2.75) is 52.0 Å². The van der Waals surface area contributed by atoms with E-state index < -0.39 is 6.29 Å². The lowest BCUT2D eigenvalue weighted by Gasteiger charge is -2.41. The van der Waals surface area contributed by atoms with Crippen molar-refractivity contribution in [1.82, 2.24) is 20.2 Å². The van der Waals surface area contributed by atoms with Crippen LogP contribution in [-0.2, 0) is 29.2 Å². The maximum atomic E-state index is 11.9. The van der Waals surface area contributed by atoms with Crippen LogP contribution < -0.4 is 10.6 Å². The van der Waals surface area contributed by atoms with Crippen LogP contribution in [0.25, 0.3) is 11.1 Å². The molecule has 10 heteroatoms. The van der Waals surface area contributed by atoms with Crippen LogP contribution in [0.2, 0.25) is 10.3 Å². The zero-order valence-corrected chi connectivity index (χ0v) is 25.0. The molecule has 3 aromatic carbocycles. The summed E-state index contributed by atoms with van der Waals surface area (Å²) in [7, 11) is 0. The van der Waals surface area contributed by atoms with Crippen LogP contribution in [0.1, 0.15) is 48.5 Å². The third-order valence-corrected chi connectivity index (χ3v) is 8.29. The van der Waals surface area contributed by atoms with Crippen molar-refractivity contribution < 1.29 is 19.4 Å². The van der Waals surface area contributed by atoms with Crippen molar-refractivity contribution in [3.63, 3.8) is 0 Å². The molecule has 220 valence electrons. The van der Waals surface area contributed by atoms with E-state index in [4.69, 9.17) is 32.7 Å². The average Bonchev–Trinajstić information content (AvgIpc) is 3.33. The molecule has 0 bridgehead atoms. The van der Waals surface area contributed by atoms with Gasteiger partial charge in [-0.15, -0.1) is 0 Å². The Labute approximate surface area is 255 Å². The molecule has 3 N–H and O–H groups in total. The molecule has 1 aromatic heterocycles. The molecule has 1 saturated heterocycles. The molecule has 0 radical (unpaired) electrons. The Morgan fingerprint density at radius 1 is 0.976 bits per heavy atom. The number of aromatic nitrogens is 2. The lowest BCUT2D eigenvalue weighted by Crippen LogP contribution is -2.39. The van der Waals surface area contributed by atoms with E-state index in [0.717, 1.165) is 33.4 Å². The van der Waals surface area contributed by atoms with Crippen LogP contribution in [-0.4, -0.2) is 33.3 Å². The number of ether oxygens (including phenoxy) is 2. The summed E-state index contributed by atoms with van der Waals surface area (Å²) in [5.41, 5.74) is 5.77. The van der Waals surface area contributed by atoms with Gasteiger partial charge in [0, 0.05) is 24.6 Å². The monoisotopic (exact) mass is 608 g/mol. The number of aliphatic hydroxyl groups is 1. The van der Waals surface area contributed by atoms with Gasteiger partial charge in [-0.3, -0.25) is 0 Å². The van der Waals surface area contributed by atoms with E-state index in [1.54, 1.807) is 10.9 Å². The predicted molar refractivity (Wildman–Crippen MR) is 163 cm³/mol. The van der Waals surface area contributed by atoms with Gasteiger partial charge in [0.1, 0.15) is 5.15 Å². The Hall–Kier alpha value is -3.40. The first-order valence-corrected chi connectivity index (χ1v) is 14.7. The molecular formula is C32H34Cl2N4O4. The Morgan fingerprint density at radius 3 is 2.36 bits per heavy atom. The molecule has 8 nitrogen and oxygen atoms in total. The third-order valence-electron chi connectivity index (χ3n) is 7.52. The second kappa shape index (κ2) is 13.7. The van der Waals surface area contributed by atoms with E-state index in [-0.39, 0.29) is 35.9 Å². The number of urea groups is 1. The quantitative estimate of drug-likeness (QED) is 0.197. The average molecular weight is 610 g/mol. The minimum atomic E-state index is -0.629. The molecule has 5 rings (SSSR count). The van der Waals surface area contributed by atoms with Crippen molar-refractivity contribution in [2.24, 2.45) is 5.92 Å². The number of amides is 2. The number of nitrogens with zero attached hydrogens (tertiary/aromatic N) is 2. The molecule has 2 heterocycles. The summed E-state index contributed by atoms with van der Waals surface area (Å²) in [6.07, 6.45) is 0.466. The maximum Gasteiger partial charge on any atom is 0.315 e. The molecular weight excluding hydrogens is 575 g/mol. The highest BCUT2D eigenvalue weighted by Crippen LogP contribution is 2.42. The first-order chi connectivity index (χ1) is 20.4. The standard InChI is InChI=1S/C32H34Cl2N4O4/c1-3-35-32(40)36-16-25-6-4-5-7-26(25)22-12-14-24(15-13-22)31-41-27(17-38-19-37-29(33)30(38)34)20(2)28(42-31)23-10-8-21(18-39)9-11-23/h4-15,19-20,27-28,31,39H,3,16-18H2,1-2H3,(H2,35,36,40)/t20-,27+,28+,31+/m1/s1. The van der Waals surface area contributed by atoms with E-state index in [0.29, 0.717) is 24.8 Å². The molecule has 0 unspecified atom stereocenters. The van der Waals surface area contributed by atoms with Crippen molar-refractivity contribution >= 4 is 29.2 Å². The minimum absolute atomic E-state index is 0.0208. The maximum absolute atomic E-state index is 11.9. The fraction of sp³-hybridized carbons (Fsp3) is 0.312. The van der Waals surface area contributed by atoms with Gasteiger partial charge in [0.2, 0.25) is 0 Å². The topological polar surface area (TPSA) is 97.6 Å². The largest absolute Gasteiger partial charge is 0.392 e. The smallest absolute Gasteiger partial charge is 0.315 e. The van der Waals surface area contributed by atoms with Crippen molar-refractivity contribution in [1.29, 1.82) is 0 Å². The summed E-state index contributed by atoms with van der Waals surface area (Å²) < 4.78 is 14.9. The van der Waals surface area contributed by atoms with Gasteiger partial charge >= 0.3 is 6.03 Å². The number of carbonyl (C=O) groups is 1. The van der Waals surface area contributed by atoms with Gasteiger partial charge in [0.25, 0.3) is 0 Å². The van der Waals surface area contributed by atoms with Crippen LogP contribution >= 0.6 is 23.2 Å². The number of halogens is 2. The molecule has 4 atom stereocenters. The summed E-state index contributed by atoms with van der Waals surface area (Å²) in [6.45, 7) is 5.39. The molecule has 1 aliphatic heterocycles. The van der Waals surface area contributed by atoms with Gasteiger partial charge in [0.05, 0.1) is 31.7 Å². The SMILES string of the molecule is CCNC(=O)NCc1ccccc1-c1ccc([C@H]2O[C@@H](Cn3cnc(Cl)c3Cl)[C@@H](C)[C@@H](c3ccc(CO)cc3)O2)cc1. The number of benzene rings is 3. The van der Waals surface area contributed by atoms with Gasteiger partial charge in [-0.1, -0.05) is 103 Å². The molecule has 0 spiro atoms. The van der Waals surface area contributed by atoms with Crippen LogP contribution in [0.15, 0.2) is 79.1 Å². The second-order valence-electron chi connectivity index (χ2n) is 10.3. The van der Waals surface area contributed by atoms with Gasteiger partial charge in [0.15, 0.2) is 11.4 Å². The summed E-state index contributed by atoms with van der Waals surface area (Å²) >= 11 is 12.5. The van der Waals surface area contributed by atoms with Crippen molar-refractivity contribution in [2.75, 3.05) is 6.54 Å². The number of aliphatic hydroxyl groups excluding tert-OH is 1. The Balaban J connectivity index is 1.40. The fourth-order valence-electron chi connectivity index (χ4n) is 5.17. The lowest BCUT2D eigenvalue weighted by molar-refractivity contribution is -0.276. The van der Waals surface area contributed by atoms with E-state index >= 15 is 0 Å². The van der Waals surface area contributed by atoms with E-state index in [1.807, 2.05) is 79.7 Å². The van der Waals surface area contributed by atoms with E-state index in [9.17, 15) is 9.90 Å². The summed E-state index contributed by atoms with van der Waals surface area (Å²) in [5, 5.41) is 15.8. The number of nitrogens with one attached hydrogen (secondary N) is 2. The Morgan fingerprint density at radius 2 is 1.69 bits per heavy atom. The zero-order valence-electron chi connectivity index (χ0n) is 23.5. The third kappa shape index (κ3) is 6.80.